The van der Waals surface area contributed by atoms with Crippen LogP contribution in [0.2, 0.25) is 0 Å². The Balaban J connectivity index is 2.07. The Kier molecular flexibility index (Phi) is 4.21. The lowest BCUT2D eigenvalue weighted by atomic mass is 9.75. The molecule has 0 saturated carbocycles. The van der Waals surface area contributed by atoms with Crippen LogP contribution in [0.25, 0.3) is 0 Å². The van der Waals surface area contributed by atoms with Crippen molar-refractivity contribution in [2.75, 3.05) is 12.4 Å². The summed E-state index contributed by atoms with van der Waals surface area (Å²) >= 11 is 0. The minimum Gasteiger partial charge on any atom is -0.467 e. The first-order valence-corrected chi connectivity index (χ1v) is 8.62. The van der Waals surface area contributed by atoms with Crippen LogP contribution in [-0.2, 0) is 24.5 Å². The third kappa shape index (κ3) is 2.62. The minimum atomic E-state index is -1.01. The molecule has 1 N–H and O–H groups in total. The molecule has 3 atom stereocenters. The second-order valence-electron chi connectivity index (χ2n) is 7.78. The number of nitrogens with zero attached hydrogens (tertiary/aromatic N) is 1. The normalized spacial score (nSPS) is 27.3. The maximum Gasteiger partial charge on any atom is 0.411 e. The predicted molar refractivity (Wildman–Crippen MR) is 94.7 cm³/mol. The van der Waals surface area contributed by atoms with E-state index in [-0.39, 0.29) is 12.3 Å². The number of likely N-dealkylation sites (tertiary alicyclic amines) is 1. The van der Waals surface area contributed by atoms with Gasteiger partial charge in [0.05, 0.1) is 18.6 Å². The first-order chi connectivity index (χ1) is 12.1. The highest BCUT2D eigenvalue weighted by molar-refractivity contribution is 6.08. The number of carbonyl (C=O) groups is 3. The van der Waals surface area contributed by atoms with E-state index >= 15 is 0 Å². The molecule has 0 aliphatic carbocycles. The fourth-order valence-electron chi connectivity index (χ4n) is 3.97. The SMILES string of the molecule is COC(=O)[C@@H]1C[C@@]2(C(=O)Nc3ccccc32)C(C)N1C(=O)OC(C)(C)C. The molecule has 0 bridgehead atoms. The molecule has 0 aromatic heterocycles. The summed E-state index contributed by atoms with van der Waals surface area (Å²) in [6.45, 7) is 7.04. The molecule has 26 heavy (non-hydrogen) atoms. The number of anilines is 1. The number of hydrogen-bond donors (Lipinski definition) is 1. The van der Waals surface area contributed by atoms with Gasteiger partial charge < -0.3 is 14.8 Å². The number of nitrogens with one attached hydrogen (secondary N) is 1. The van der Waals surface area contributed by atoms with Crippen molar-refractivity contribution in [1.82, 2.24) is 4.90 Å². The minimum absolute atomic E-state index is 0.156. The van der Waals surface area contributed by atoms with E-state index in [9.17, 15) is 14.4 Å². The van der Waals surface area contributed by atoms with Crippen LogP contribution in [0.4, 0.5) is 10.5 Å². The van der Waals surface area contributed by atoms with Gasteiger partial charge in [0.25, 0.3) is 0 Å². The second kappa shape index (κ2) is 6.00. The van der Waals surface area contributed by atoms with Crippen LogP contribution < -0.4 is 5.32 Å². The molecule has 2 aliphatic rings. The number of carbonyl (C=O) groups excluding carboxylic acids is 3. The number of fused-ring (bicyclic) bond motifs is 2. The third-order valence-corrected chi connectivity index (χ3v) is 5.12. The van der Waals surface area contributed by atoms with Crippen molar-refractivity contribution in [2.45, 2.75) is 57.2 Å². The lowest BCUT2D eigenvalue weighted by molar-refractivity contribution is -0.146. The van der Waals surface area contributed by atoms with E-state index < -0.39 is 35.2 Å². The molecule has 1 aromatic rings. The lowest BCUT2D eigenvalue weighted by Gasteiger charge is -2.33. The highest BCUT2D eigenvalue weighted by atomic mass is 16.6. The Labute approximate surface area is 152 Å². The van der Waals surface area contributed by atoms with Crippen molar-refractivity contribution in [1.29, 1.82) is 0 Å². The molecule has 7 heteroatoms. The zero-order chi connectivity index (χ0) is 19.3. The maximum absolute atomic E-state index is 12.9. The number of benzene rings is 1. The van der Waals surface area contributed by atoms with Gasteiger partial charge in [0.1, 0.15) is 11.6 Å². The molecule has 1 fully saturated rings. The van der Waals surface area contributed by atoms with Crippen LogP contribution in [-0.4, -0.2) is 47.7 Å². The summed E-state index contributed by atoms with van der Waals surface area (Å²) in [6, 6.07) is 5.90. The van der Waals surface area contributed by atoms with Gasteiger partial charge in [-0.1, -0.05) is 18.2 Å². The number of ether oxygens (including phenoxy) is 2. The van der Waals surface area contributed by atoms with Crippen molar-refractivity contribution in [3.8, 4) is 0 Å². The number of amides is 2. The topological polar surface area (TPSA) is 84.9 Å². The van der Waals surface area contributed by atoms with Gasteiger partial charge >= 0.3 is 12.1 Å². The van der Waals surface area contributed by atoms with Gasteiger partial charge in [0, 0.05) is 5.69 Å². The molecule has 7 nitrogen and oxygen atoms in total. The van der Waals surface area contributed by atoms with Crippen LogP contribution in [0, 0.1) is 0 Å². The lowest BCUT2D eigenvalue weighted by Crippen LogP contribution is -2.50. The monoisotopic (exact) mass is 360 g/mol. The summed E-state index contributed by atoms with van der Waals surface area (Å²) in [5.74, 6) is -0.775. The molecule has 2 amide bonds. The molecule has 1 saturated heterocycles. The number of rotatable bonds is 1. The van der Waals surface area contributed by atoms with Crippen LogP contribution in [0.3, 0.4) is 0 Å². The Morgan fingerprint density at radius 1 is 1.27 bits per heavy atom. The molecule has 3 rings (SSSR count). The summed E-state index contributed by atoms with van der Waals surface area (Å²) < 4.78 is 10.4. The van der Waals surface area contributed by atoms with Gasteiger partial charge in [0.15, 0.2) is 0 Å². The van der Waals surface area contributed by atoms with Gasteiger partial charge in [-0.05, 0) is 45.7 Å². The Morgan fingerprint density at radius 2 is 1.92 bits per heavy atom. The van der Waals surface area contributed by atoms with E-state index in [2.05, 4.69) is 5.32 Å². The van der Waals surface area contributed by atoms with Gasteiger partial charge in [-0.15, -0.1) is 0 Å². The van der Waals surface area contributed by atoms with Crippen LogP contribution in [0.5, 0.6) is 0 Å². The van der Waals surface area contributed by atoms with Gasteiger partial charge in [-0.2, -0.15) is 0 Å². The van der Waals surface area contributed by atoms with Crippen molar-refractivity contribution < 1.29 is 23.9 Å². The van der Waals surface area contributed by atoms with Crippen LogP contribution >= 0.6 is 0 Å². The van der Waals surface area contributed by atoms with Gasteiger partial charge in [-0.3, -0.25) is 9.69 Å². The first-order valence-electron chi connectivity index (χ1n) is 8.62. The smallest absolute Gasteiger partial charge is 0.411 e. The molecule has 140 valence electrons. The van der Waals surface area contributed by atoms with E-state index in [1.807, 2.05) is 24.3 Å². The average molecular weight is 360 g/mol. The predicted octanol–water partition coefficient (Wildman–Crippen LogP) is 2.45. The first kappa shape index (κ1) is 18.2. The fraction of sp³-hybridized carbons (Fsp3) is 0.526. The molecule has 0 radical (unpaired) electrons. The molecule has 2 heterocycles. The molecule has 1 aromatic carbocycles. The van der Waals surface area contributed by atoms with Crippen molar-refractivity contribution in [3.05, 3.63) is 29.8 Å². The molecule has 1 spiro atoms. The average Bonchev–Trinajstić information content (AvgIpc) is 3.02. The number of esters is 1. The van der Waals surface area contributed by atoms with E-state index in [0.717, 1.165) is 5.56 Å². The summed E-state index contributed by atoms with van der Waals surface area (Å²) in [4.78, 5) is 39.5. The summed E-state index contributed by atoms with van der Waals surface area (Å²) in [5.41, 5.74) is -0.230. The fourth-order valence-corrected chi connectivity index (χ4v) is 3.97. The Morgan fingerprint density at radius 3 is 2.54 bits per heavy atom. The summed E-state index contributed by atoms with van der Waals surface area (Å²) in [6.07, 6.45) is -0.474. The van der Waals surface area contributed by atoms with E-state index in [0.29, 0.717) is 5.69 Å². The number of hydrogen-bond acceptors (Lipinski definition) is 5. The Hall–Kier alpha value is -2.57. The van der Waals surface area contributed by atoms with E-state index in [1.165, 1.54) is 12.0 Å². The summed E-state index contributed by atoms with van der Waals surface area (Å²) in [5, 5.41) is 2.88. The zero-order valence-corrected chi connectivity index (χ0v) is 15.7. The standard InChI is InChI=1S/C19H24N2O5/c1-11-19(12-8-6-7-9-13(12)20-16(19)23)10-14(15(22)25-5)21(11)17(24)26-18(2,3)4/h6-9,11,14H,10H2,1-5H3,(H,20,23)/t11?,14-,19+/m0/s1. The van der Waals surface area contributed by atoms with Crippen molar-refractivity contribution >= 4 is 23.7 Å². The molecule has 2 aliphatic heterocycles. The summed E-state index contributed by atoms with van der Waals surface area (Å²) in [7, 11) is 1.27. The van der Waals surface area contributed by atoms with Gasteiger partial charge in [-0.25, -0.2) is 9.59 Å². The Bertz CT molecular complexity index is 769. The van der Waals surface area contributed by atoms with Gasteiger partial charge in [0.2, 0.25) is 5.91 Å². The largest absolute Gasteiger partial charge is 0.467 e. The third-order valence-electron chi connectivity index (χ3n) is 5.12. The van der Waals surface area contributed by atoms with Crippen LogP contribution in [0.1, 0.15) is 39.7 Å². The molecular formula is C19H24N2O5. The van der Waals surface area contributed by atoms with Crippen molar-refractivity contribution in [2.24, 2.45) is 0 Å². The molecule has 1 unspecified atom stereocenters. The van der Waals surface area contributed by atoms with E-state index in [1.54, 1.807) is 27.7 Å². The van der Waals surface area contributed by atoms with Crippen molar-refractivity contribution in [3.63, 3.8) is 0 Å². The number of methoxy groups -OCH3 is 1. The zero-order valence-electron chi connectivity index (χ0n) is 15.7. The van der Waals surface area contributed by atoms with E-state index in [4.69, 9.17) is 9.47 Å². The maximum atomic E-state index is 12.9. The highest BCUT2D eigenvalue weighted by Crippen LogP contribution is 2.50. The second-order valence-corrected chi connectivity index (χ2v) is 7.78. The highest BCUT2D eigenvalue weighted by Gasteiger charge is 2.62. The quantitative estimate of drug-likeness (QED) is 0.778. The molecular weight excluding hydrogens is 336 g/mol. The van der Waals surface area contributed by atoms with Crippen LogP contribution in [0.15, 0.2) is 24.3 Å². The number of para-hydroxylation sites is 1.